The number of hydrogen-bond donors (Lipinski definition) is 7. The van der Waals surface area contributed by atoms with Gasteiger partial charge in [0, 0.05) is 38.1 Å². The van der Waals surface area contributed by atoms with E-state index >= 15 is 0 Å². The highest BCUT2D eigenvalue weighted by Gasteiger charge is 2.58. The van der Waals surface area contributed by atoms with E-state index in [1.807, 2.05) is 41.7 Å². The normalized spacial score (nSPS) is 42.6. The molecule has 18 nitrogen and oxygen atoms in total. The van der Waals surface area contributed by atoms with Gasteiger partial charge < -0.3 is 79.0 Å². The van der Waals surface area contributed by atoms with Gasteiger partial charge in [-0.05, 0) is 106 Å². The second-order valence-electron chi connectivity index (χ2n) is 19.5. The van der Waals surface area contributed by atoms with Gasteiger partial charge in [-0.3, -0.25) is 4.79 Å². The molecule has 0 amide bonds. The topological polar surface area (TPSA) is 230 Å². The van der Waals surface area contributed by atoms with Crippen molar-refractivity contribution in [1.29, 1.82) is 0 Å². The second-order valence-corrected chi connectivity index (χ2v) is 19.5. The highest BCUT2D eigenvalue weighted by Crippen LogP contribution is 2.43. The summed E-state index contributed by atoms with van der Waals surface area (Å²) in [5.74, 6) is -1.95. The first-order valence-electron chi connectivity index (χ1n) is 23.6. The maximum Gasteiger partial charge on any atom is 0.311 e. The Bertz CT molecular complexity index is 1640. The molecule has 4 heterocycles. The summed E-state index contributed by atoms with van der Waals surface area (Å²) in [6.07, 6.45) is -6.75. The Balaban J connectivity index is 1.87. The molecule has 3 saturated heterocycles. The Labute approximate surface area is 387 Å². The number of aliphatic hydroxyl groups excluding tert-OH is 1. The summed E-state index contributed by atoms with van der Waals surface area (Å²) in [5.41, 5.74) is -6.08. The standard InChI is InChI=1S/C47H84N4O14/c1-16-20-49-25-47(56)31(8)61-36(23-45(47,10)59-15)64-37-28(5)40(65-43-38(32(48-12)21-27(4)60-43)62-33-18-19-35(57-13)51-41(33)58-14)44(9,54)22-26(3)24-50-30(7)39(52)46(11,55)34(17-2)63-42(53)29(37)6/h18-19,26-32,34,36-40,43,48-50,52,54-56H,16-17,20-25H2,1-15H3/t26?,27-,28?,29?,30?,31+,32+,34?,36+,37?,38-,39?,40?,43+,44?,45-,46?,47+/m1/s1. The lowest BCUT2D eigenvalue weighted by molar-refractivity contribution is -0.335. The molecule has 376 valence electrons. The zero-order chi connectivity index (χ0) is 48.7. The maximum absolute atomic E-state index is 14.6. The molecule has 0 spiro atoms. The van der Waals surface area contributed by atoms with Crippen molar-refractivity contribution in [2.75, 3.05) is 48.0 Å². The lowest BCUT2D eigenvalue weighted by atomic mass is 9.75. The zero-order valence-corrected chi connectivity index (χ0v) is 41.7. The summed E-state index contributed by atoms with van der Waals surface area (Å²) >= 11 is 0. The molecule has 1 aromatic rings. The average Bonchev–Trinajstić information content (AvgIpc) is 3.26. The molecule has 3 aliphatic heterocycles. The molecule has 1 aromatic heterocycles. The van der Waals surface area contributed by atoms with Crippen LogP contribution in [0.2, 0.25) is 0 Å². The van der Waals surface area contributed by atoms with Crippen LogP contribution < -0.4 is 30.2 Å². The number of pyridine rings is 1. The van der Waals surface area contributed by atoms with E-state index in [2.05, 4.69) is 20.9 Å². The molecule has 0 aliphatic carbocycles. The summed E-state index contributed by atoms with van der Waals surface area (Å²) in [6.45, 7) is 20.9. The first-order chi connectivity index (χ1) is 30.5. The van der Waals surface area contributed by atoms with Gasteiger partial charge in [-0.1, -0.05) is 27.7 Å². The number of carbonyl (C=O) groups is 1. The van der Waals surface area contributed by atoms with Crippen molar-refractivity contribution in [3.05, 3.63) is 12.1 Å². The number of carbonyl (C=O) groups excluding carboxylic acids is 1. The Morgan fingerprint density at radius 3 is 2.23 bits per heavy atom. The van der Waals surface area contributed by atoms with Crippen LogP contribution in [0.4, 0.5) is 0 Å². The highest BCUT2D eigenvalue weighted by atomic mass is 16.7. The number of nitrogens with one attached hydrogen (secondary N) is 3. The molecule has 3 aliphatic rings. The van der Waals surface area contributed by atoms with Crippen LogP contribution in [-0.2, 0) is 33.2 Å². The fourth-order valence-corrected chi connectivity index (χ4v) is 10.0. The van der Waals surface area contributed by atoms with Crippen LogP contribution in [0.5, 0.6) is 17.5 Å². The van der Waals surface area contributed by atoms with Crippen LogP contribution in [-0.4, -0.2) is 169 Å². The minimum atomic E-state index is -1.84. The molecule has 18 atom stereocenters. The molecule has 0 bridgehead atoms. The molecule has 18 heteroatoms. The van der Waals surface area contributed by atoms with Crippen molar-refractivity contribution >= 4 is 5.97 Å². The number of rotatable bonds is 15. The van der Waals surface area contributed by atoms with E-state index in [0.717, 1.165) is 6.42 Å². The van der Waals surface area contributed by atoms with Crippen molar-refractivity contribution in [1.82, 2.24) is 20.9 Å². The van der Waals surface area contributed by atoms with Gasteiger partial charge in [-0.15, -0.1) is 0 Å². The zero-order valence-electron chi connectivity index (χ0n) is 41.7. The minimum Gasteiger partial charge on any atom is -0.481 e. The van der Waals surface area contributed by atoms with Crippen LogP contribution in [0.3, 0.4) is 0 Å². The molecule has 0 saturated carbocycles. The van der Waals surface area contributed by atoms with Gasteiger partial charge in [0.1, 0.15) is 29.0 Å². The third kappa shape index (κ3) is 12.6. The van der Waals surface area contributed by atoms with Crippen LogP contribution in [0, 0.1) is 17.8 Å². The Kier molecular flexibility index (Phi) is 19.7. The monoisotopic (exact) mass is 929 g/mol. The van der Waals surface area contributed by atoms with Crippen LogP contribution >= 0.6 is 0 Å². The third-order valence-corrected chi connectivity index (χ3v) is 14.2. The van der Waals surface area contributed by atoms with Crippen molar-refractivity contribution in [2.24, 2.45) is 17.8 Å². The Hall–Kier alpha value is -2.46. The molecular weight excluding hydrogens is 845 g/mol. The van der Waals surface area contributed by atoms with Gasteiger partial charge in [0.05, 0.1) is 56.2 Å². The number of hydrogen-bond acceptors (Lipinski definition) is 18. The summed E-state index contributed by atoms with van der Waals surface area (Å²) in [4.78, 5) is 19.0. The summed E-state index contributed by atoms with van der Waals surface area (Å²) < 4.78 is 57.0. The first-order valence-corrected chi connectivity index (χ1v) is 23.6. The summed E-state index contributed by atoms with van der Waals surface area (Å²) in [6, 6.07) is 2.43. The van der Waals surface area contributed by atoms with Gasteiger partial charge in [-0.25, -0.2) is 0 Å². The molecule has 0 radical (unpaired) electrons. The van der Waals surface area contributed by atoms with Gasteiger partial charge in [0.2, 0.25) is 5.88 Å². The third-order valence-electron chi connectivity index (χ3n) is 14.2. The maximum atomic E-state index is 14.6. The molecular formula is C47H84N4O14. The summed E-state index contributed by atoms with van der Waals surface area (Å²) in [7, 11) is 6.35. The van der Waals surface area contributed by atoms with Gasteiger partial charge in [0.25, 0.3) is 5.88 Å². The molecule has 65 heavy (non-hydrogen) atoms. The van der Waals surface area contributed by atoms with E-state index in [1.165, 1.54) is 28.3 Å². The predicted octanol–water partition coefficient (Wildman–Crippen LogP) is 3.09. The number of nitrogens with zero attached hydrogens (tertiary/aromatic N) is 1. The number of ether oxygens (including phenoxy) is 9. The van der Waals surface area contributed by atoms with Crippen LogP contribution in [0.25, 0.3) is 0 Å². The number of methoxy groups -OCH3 is 3. The van der Waals surface area contributed by atoms with E-state index < -0.39 is 95.5 Å². The highest BCUT2D eigenvalue weighted by molar-refractivity contribution is 5.73. The molecule has 10 unspecified atom stereocenters. The van der Waals surface area contributed by atoms with E-state index in [-0.39, 0.29) is 49.8 Å². The van der Waals surface area contributed by atoms with Crippen molar-refractivity contribution in [3.63, 3.8) is 0 Å². The number of likely N-dealkylation sites (N-methyl/N-ethyl adjacent to an activating group) is 1. The Morgan fingerprint density at radius 2 is 1.63 bits per heavy atom. The fourth-order valence-electron chi connectivity index (χ4n) is 10.0. The molecule has 0 aromatic carbocycles. The molecule has 3 fully saturated rings. The SMILES string of the molecule is CCCNC[C@]1(O)[C@H](C)O[C@@H](OC2C(C)C(=O)OC(CC)C(C)(O)C(O)C(C)NCC(C)CC(C)(O)C(O[C@@H]3O[C@H](C)C[C@H](NC)[C@H]3Oc3ccc(OC)nc3OC)C2C)C[C@@]1(C)OC. The van der Waals surface area contributed by atoms with Crippen molar-refractivity contribution in [2.45, 2.75) is 198 Å². The number of aromatic nitrogens is 1. The van der Waals surface area contributed by atoms with E-state index in [1.54, 1.807) is 46.8 Å². The lowest BCUT2D eigenvalue weighted by Gasteiger charge is -2.53. The smallest absolute Gasteiger partial charge is 0.311 e. The van der Waals surface area contributed by atoms with Crippen LogP contribution in [0.15, 0.2) is 12.1 Å². The lowest BCUT2D eigenvalue weighted by Crippen LogP contribution is -2.70. The fraction of sp³-hybridized carbons (Fsp3) is 0.872. The first kappa shape index (κ1) is 55.1. The quantitative estimate of drug-likeness (QED) is 0.0990. The van der Waals surface area contributed by atoms with Crippen molar-refractivity contribution in [3.8, 4) is 17.5 Å². The molecule has 7 N–H and O–H groups in total. The van der Waals surface area contributed by atoms with Gasteiger partial charge >= 0.3 is 5.97 Å². The predicted molar refractivity (Wildman–Crippen MR) is 243 cm³/mol. The Morgan fingerprint density at radius 1 is 0.938 bits per heavy atom. The largest absolute Gasteiger partial charge is 0.481 e. The number of esters is 1. The van der Waals surface area contributed by atoms with Crippen molar-refractivity contribution < 1.29 is 67.9 Å². The molecule has 4 rings (SSSR count). The minimum absolute atomic E-state index is 0.0743. The van der Waals surface area contributed by atoms with Gasteiger partial charge in [-0.2, -0.15) is 4.98 Å². The number of cyclic esters (lactones) is 1. The van der Waals surface area contributed by atoms with Crippen LogP contribution in [0.1, 0.15) is 108 Å². The average molecular weight is 929 g/mol. The van der Waals surface area contributed by atoms with E-state index in [0.29, 0.717) is 31.1 Å². The number of aliphatic hydroxyl groups is 4. The second kappa shape index (κ2) is 23.2. The van der Waals surface area contributed by atoms with E-state index in [4.69, 9.17) is 42.6 Å². The van der Waals surface area contributed by atoms with Gasteiger partial charge in [0.15, 0.2) is 24.4 Å². The van der Waals surface area contributed by atoms with E-state index in [9.17, 15) is 25.2 Å². The summed E-state index contributed by atoms with van der Waals surface area (Å²) in [5, 5.41) is 58.4.